The Morgan fingerprint density at radius 1 is 1.14 bits per heavy atom. The van der Waals surface area contributed by atoms with E-state index in [4.69, 9.17) is 4.74 Å². The minimum atomic E-state index is 0.109. The van der Waals surface area contributed by atoms with Crippen molar-refractivity contribution in [3.8, 4) is 5.69 Å². The van der Waals surface area contributed by atoms with Gasteiger partial charge in [-0.15, -0.1) is 10.2 Å². The summed E-state index contributed by atoms with van der Waals surface area (Å²) < 4.78 is 9.33. The number of nitrogens with zero attached hydrogens (tertiary/aromatic N) is 4. The predicted molar refractivity (Wildman–Crippen MR) is 116 cm³/mol. The first-order chi connectivity index (χ1) is 13.9. The Kier molecular flexibility index (Phi) is 6.92. The molecule has 0 spiro atoms. The van der Waals surface area contributed by atoms with Gasteiger partial charge in [-0.3, -0.25) is 9.36 Å². The van der Waals surface area contributed by atoms with Gasteiger partial charge in [0.15, 0.2) is 10.9 Å². The van der Waals surface area contributed by atoms with Gasteiger partial charge in [0.05, 0.1) is 5.75 Å². The van der Waals surface area contributed by atoms with E-state index in [9.17, 15) is 4.79 Å². The molecule has 0 atom stereocenters. The lowest BCUT2D eigenvalue weighted by Crippen LogP contribution is -2.08. The van der Waals surface area contributed by atoms with Crippen LogP contribution in [0, 0.1) is 27.7 Å². The van der Waals surface area contributed by atoms with Crippen LogP contribution in [0.5, 0.6) is 0 Å². The average Bonchev–Trinajstić information content (AvgIpc) is 3.20. The summed E-state index contributed by atoms with van der Waals surface area (Å²) in [5.41, 5.74) is 5.08. The molecular formula is C22H28N4O2S. The van der Waals surface area contributed by atoms with Crippen LogP contribution in [-0.4, -0.2) is 44.6 Å². The van der Waals surface area contributed by atoms with Crippen molar-refractivity contribution < 1.29 is 9.53 Å². The molecule has 0 aliphatic carbocycles. The maximum absolute atomic E-state index is 12.9. The Bertz CT molecular complexity index is 1010. The number of aryl methyl sites for hydroxylation is 3. The third-order valence-corrected chi connectivity index (χ3v) is 5.92. The molecule has 6 nitrogen and oxygen atoms in total. The summed E-state index contributed by atoms with van der Waals surface area (Å²) in [4.78, 5) is 12.9. The summed E-state index contributed by atoms with van der Waals surface area (Å²) >= 11 is 1.43. The Balaban J connectivity index is 1.75. The number of hydrogen-bond acceptors (Lipinski definition) is 5. The van der Waals surface area contributed by atoms with Gasteiger partial charge in [-0.1, -0.05) is 23.9 Å². The predicted octanol–water partition coefficient (Wildman–Crippen LogP) is 4.31. The highest BCUT2D eigenvalue weighted by molar-refractivity contribution is 7.99. The van der Waals surface area contributed by atoms with Crippen LogP contribution in [0.2, 0.25) is 0 Å². The van der Waals surface area contributed by atoms with Gasteiger partial charge >= 0.3 is 0 Å². The normalized spacial score (nSPS) is 11.2. The van der Waals surface area contributed by atoms with Crippen molar-refractivity contribution in [1.29, 1.82) is 0 Å². The fraction of sp³-hybridized carbons (Fsp3) is 0.409. The molecule has 29 heavy (non-hydrogen) atoms. The van der Waals surface area contributed by atoms with Crippen molar-refractivity contribution in [2.75, 3.05) is 19.5 Å². The van der Waals surface area contributed by atoms with E-state index < -0.39 is 0 Å². The fourth-order valence-electron chi connectivity index (χ4n) is 3.50. The van der Waals surface area contributed by atoms with E-state index in [1.807, 2.05) is 43.5 Å². The maximum atomic E-state index is 12.9. The van der Waals surface area contributed by atoms with E-state index in [2.05, 4.69) is 33.8 Å². The first-order valence-corrected chi connectivity index (χ1v) is 10.7. The first kappa shape index (κ1) is 21.3. The molecule has 0 saturated carbocycles. The standard InChI is InChI=1S/C22H28N4O2S/c1-15-8-6-9-19(12-15)26-18(4)23-24-22(26)29-14-21(27)20-13-16(2)25(17(20)3)10-7-11-28-5/h6,8-9,12-13H,7,10-11,14H2,1-5H3. The van der Waals surface area contributed by atoms with Gasteiger partial charge in [-0.25, -0.2) is 0 Å². The monoisotopic (exact) mass is 412 g/mol. The van der Waals surface area contributed by atoms with Gasteiger partial charge in [0.25, 0.3) is 0 Å². The van der Waals surface area contributed by atoms with E-state index in [1.165, 1.54) is 17.3 Å². The van der Waals surface area contributed by atoms with Crippen LogP contribution >= 0.6 is 11.8 Å². The van der Waals surface area contributed by atoms with Crippen molar-refractivity contribution in [3.63, 3.8) is 0 Å². The van der Waals surface area contributed by atoms with Crippen molar-refractivity contribution >= 4 is 17.5 Å². The zero-order valence-electron chi connectivity index (χ0n) is 17.7. The van der Waals surface area contributed by atoms with Crippen LogP contribution in [0.1, 0.15) is 39.6 Å². The Labute approximate surface area is 176 Å². The second-order valence-corrected chi connectivity index (χ2v) is 8.14. The SMILES string of the molecule is COCCCn1c(C)cc(C(=O)CSc2nnc(C)n2-c2cccc(C)c2)c1C. The van der Waals surface area contributed by atoms with E-state index in [0.717, 1.165) is 46.6 Å². The summed E-state index contributed by atoms with van der Waals surface area (Å²) in [6, 6.07) is 10.2. The number of rotatable bonds is 9. The molecule has 2 heterocycles. The van der Waals surface area contributed by atoms with Crippen molar-refractivity contribution in [2.45, 2.75) is 45.8 Å². The summed E-state index contributed by atoms with van der Waals surface area (Å²) in [6.07, 6.45) is 0.925. The molecule has 0 amide bonds. The van der Waals surface area contributed by atoms with Gasteiger partial charge in [-0.2, -0.15) is 0 Å². The summed E-state index contributed by atoms with van der Waals surface area (Å²) in [7, 11) is 1.71. The zero-order valence-corrected chi connectivity index (χ0v) is 18.5. The van der Waals surface area contributed by atoms with Crippen LogP contribution < -0.4 is 0 Å². The number of carbonyl (C=O) groups is 1. The number of hydrogen-bond donors (Lipinski definition) is 0. The molecule has 0 unspecified atom stereocenters. The Morgan fingerprint density at radius 3 is 2.66 bits per heavy atom. The topological polar surface area (TPSA) is 61.9 Å². The lowest BCUT2D eigenvalue weighted by molar-refractivity contribution is 0.102. The number of carbonyl (C=O) groups excluding carboxylic acids is 1. The summed E-state index contributed by atoms with van der Waals surface area (Å²) in [5.74, 6) is 1.24. The highest BCUT2D eigenvalue weighted by Crippen LogP contribution is 2.25. The number of ether oxygens (including phenoxy) is 1. The van der Waals surface area contributed by atoms with Gasteiger partial charge < -0.3 is 9.30 Å². The van der Waals surface area contributed by atoms with Crippen LogP contribution in [0.25, 0.3) is 5.69 Å². The number of benzene rings is 1. The van der Waals surface area contributed by atoms with Gasteiger partial charge in [0.2, 0.25) is 0 Å². The van der Waals surface area contributed by atoms with Gasteiger partial charge in [0, 0.05) is 42.9 Å². The molecular weight excluding hydrogens is 384 g/mol. The summed E-state index contributed by atoms with van der Waals surface area (Å²) in [5, 5.41) is 9.23. The van der Waals surface area contributed by atoms with Crippen molar-refractivity contribution in [1.82, 2.24) is 19.3 Å². The van der Waals surface area contributed by atoms with E-state index in [0.29, 0.717) is 12.4 Å². The lowest BCUT2D eigenvalue weighted by atomic mass is 10.2. The highest BCUT2D eigenvalue weighted by atomic mass is 32.2. The van der Waals surface area contributed by atoms with Crippen LogP contribution in [0.3, 0.4) is 0 Å². The van der Waals surface area contributed by atoms with Crippen molar-refractivity contribution in [3.05, 3.63) is 58.7 Å². The molecule has 0 fully saturated rings. The number of methoxy groups -OCH3 is 1. The average molecular weight is 413 g/mol. The third kappa shape index (κ3) is 4.79. The molecule has 7 heteroatoms. The zero-order chi connectivity index (χ0) is 21.0. The van der Waals surface area contributed by atoms with Crippen LogP contribution in [0.15, 0.2) is 35.5 Å². The highest BCUT2D eigenvalue weighted by Gasteiger charge is 2.18. The van der Waals surface area contributed by atoms with E-state index in [-0.39, 0.29) is 5.78 Å². The number of thioether (sulfide) groups is 1. The number of Topliss-reactive ketones (excluding diaryl/α,β-unsaturated/α-hetero) is 1. The second-order valence-electron chi connectivity index (χ2n) is 7.20. The van der Waals surface area contributed by atoms with Gasteiger partial charge in [0.1, 0.15) is 5.82 Å². The molecule has 2 aromatic heterocycles. The molecule has 154 valence electrons. The molecule has 0 radical (unpaired) electrons. The lowest BCUT2D eigenvalue weighted by Gasteiger charge is -2.10. The van der Waals surface area contributed by atoms with Gasteiger partial charge in [-0.05, 0) is 57.9 Å². The minimum Gasteiger partial charge on any atom is -0.385 e. The maximum Gasteiger partial charge on any atom is 0.196 e. The summed E-state index contributed by atoms with van der Waals surface area (Å²) in [6.45, 7) is 9.60. The first-order valence-electron chi connectivity index (χ1n) is 9.73. The number of ketones is 1. The smallest absolute Gasteiger partial charge is 0.196 e. The third-order valence-electron chi connectivity index (χ3n) is 4.99. The molecule has 0 bridgehead atoms. The largest absolute Gasteiger partial charge is 0.385 e. The van der Waals surface area contributed by atoms with E-state index >= 15 is 0 Å². The second kappa shape index (κ2) is 9.41. The molecule has 0 N–H and O–H groups in total. The fourth-order valence-corrected chi connectivity index (χ4v) is 4.38. The van der Waals surface area contributed by atoms with Crippen LogP contribution in [-0.2, 0) is 11.3 Å². The molecule has 0 aliphatic rings. The molecule has 3 rings (SSSR count). The molecule has 3 aromatic rings. The van der Waals surface area contributed by atoms with Crippen LogP contribution in [0.4, 0.5) is 0 Å². The van der Waals surface area contributed by atoms with Crippen molar-refractivity contribution in [2.24, 2.45) is 0 Å². The molecule has 0 saturated heterocycles. The van der Waals surface area contributed by atoms with E-state index in [1.54, 1.807) is 7.11 Å². The minimum absolute atomic E-state index is 0.109. The molecule has 0 aliphatic heterocycles. The quantitative estimate of drug-likeness (QED) is 0.298. The molecule has 1 aromatic carbocycles. The Morgan fingerprint density at radius 2 is 1.93 bits per heavy atom. The Hall–Kier alpha value is -2.38. The number of aromatic nitrogens is 4.